The van der Waals surface area contributed by atoms with Crippen molar-refractivity contribution in [2.75, 3.05) is 0 Å². The first-order chi connectivity index (χ1) is 8.52. The van der Waals surface area contributed by atoms with Crippen molar-refractivity contribution in [3.05, 3.63) is 50.9 Å². The van der Waals surface area contributed by atoms with Crippen LogP contribution < -0.4 is 5.56 Å². The van der Waals surface area contributed by atoms with Gasteiger partial charge in [0.05, 0.1) is 5.69 Å². The molecule has 0 atom stereocenters. The van der Waals surface area contributed by atoms with Crippen molar-refractivity contribution in [2.24, 2.45) is 0 Å². The molecule has 0 aliphatic heterocycles. The summed E-state index contributed by atoms with van der Waals surface area (Å²) in [6.07, 6.45) is 0.771. The van der Waals surface area contributed by atoms with Gasteiger partial charge in [-0.15, -0.1) is 0 Å². The average molecular weight is 242 g/mol. The number of nitrogens with zero attached hydrogens (tertiary/aromatic N) is 1. The van der Waals surface area contributed by atoms with Crippen LogP contribution in [0.1, 0.15) is 29.3 Å². The molecule has 3 heteroatoms. The van der Waals surface area contributed by atoms with Gasteiger partial charge in [-0.2, -0.15) is 0 Å². The molecule has 0 aliphatic rings. The number of aryl methyl sites for hydroxylation is 3. The molecule has 1 N–H and O–H groups in total. The zero-order valence-corrected chi connectivity index (χ0v) is 11.3. The average Bonchev–Trinajstić information content (AvgIpc) is 2.35. The fraction of sp³-hybridized carbons (Fsp3) is 0.333. The molecule has 94 valence electrons. The lowest BCUT2D eigenvalue weighted by Crippen LogP contribution is -2.16. The van der Waals surface area contributed by atoms with E-state index in [1.165, 1.54) is 0 Å². The maximum absolute atomic E-state index is 11.9. The molecule has 1 heterocycles. The summed E-state index contributed by atoms with van der Waals surface area (Å²) >= 11 is 0. The Morgan fingerprint density at radius 3 is 2.61 bits per heavy atom. The van der Waals surface area contributed by atoms with Crippen LogP contribution in [-0.2, 0) is 6.42 Å². The van der Waals surface area contributed by atoms with Crippen molar-refractivity contribution in [3.63, 3.8) is 0 Å². The van der Waals surface area contributed by atoms with Gasteiger partial charge in [-0.25, -0.2) is 4.98 Å². The predicted octanol–water partition coefficient (Wildman–Crippen LogP) is 2.92. The van der Waals surface area contributed by atoms with Gasteiger partial charge in [-0.1, -0.05) is 24.6 Å². The third kappa shape index (κ3) is 2.21. The second-order valence-electron chi connectivity index (χ2n) is 4.66. The molecule has 0 saturated heterocycles. The molecular weight excluding hydrogens is 224 g/mol. The molecular formula is C15H18N2O. The van der Waals surface area contributed by atoms with E-state index in [2.05, 4.69) is 28.2 Å². The summed E-state index contributed by atoms with van der Waals surface area (Å²) in [7, 11) is 0. The number of hydrogen-bond acceptors (Lipinski definition) is 2. The Kier molecular flexibility index (Phi) is 3.32. The minimum Gasteiger partial charge on any atom is -0.306 e. The lowest BCUT2D eigenvalue weighted by atomic mass is 10.0. The highest BCUT2D eigenvalue weighted by molar-refractivity contribution is 5.61. The van der Waals surface area contributed by atoms with Crippen molar-refractivity contribution < 1.29 is 0 Å². The van der Waals surface area contributed by atoms with Crippen LogP contribution in [0.4, 0.5) is 0 Å². The van der Waals surface area contributed by atoms with Crippen LogP contribution >= 0.6 is 0 Å². The molecule has 0 aliphatic carbocycles. The summed E-state index contributed by atoms with van der Waals surface area (Å²) in [4.78, 5) is 19.3. The first-order valence-electron chi connectivity index (χ1n) is 6.20. The summed E-state index contributed by atoms with van der Waals surface area (Å²) in [6.45, 7) is 7.90. The summed E-state index contributed by atoms with van der Waals surface area (Å²) in [5, 5.41) is 0. The highest BCUT2D eigenvalue weighted by Crippen LogP contribution is 2.21. The number of H-pyrrole nitrogens is 1. The lowest BCUT2D eigenvalue weighted by Gasteiger charge is -2.09. The van der Waals surface area contributed by atoms with Crippen molar-refractivity contribution >= 4 is 0 Å². The van der Waals surface area contributed by atoms with Gasteiger partial charge < -0.3 is 4.98 Å². The van der Waals surface area contributed by atoms with Gasteiger partial charge in [-0.3, -0.25) is 4.79 Å². The van der Waals surface area contributed by atoms with E-state index in [1.54, 1.807) is 0 Å². The van der Waals surface area contributed by atoms with Crippen molar-refractivity contribution in [2.45, 2.75) is 34.1 Å². The van der Waals surface area contributed by atoms with Crippen LogP contribution in [0.25, 0.3) is 11.4 Å². The molecule has 0 spiro atoms. The zero-order chi connectivity index (χ0) is 13.3. The maximum Gasteiger partial charge on any atom is 0.254 e. The standard InChI is InChI=1S/C15H18N2O/c1-5-13-11(4)15(18)17-14(16-13)12-8-9(2)6-7-10(12)3/h6-8H,5H2,1-4H3,(H,16,17,18). The van der Waals surface area contributed by atoms with Crippen LogP contribution in [0, 0.1) is 20.8 Å². The predicted molar refractivity (Wildman–Crippen MR) is 73.9 cm³/mol. The molecule has 0 amide bonds. The Morgan fingerprint density at radius 2 is 1.94 bits per heavy atom. The van der Waals surface area contributed by atoms with Crippen LogP contribution in [-0.4, -0.2) is 9.97 Å². The third-order valence-corrected chi connectivity index (χ3v) is 3.24. The van der Waals surface area contributed by atoms with Gasteiger partial charge in [0.25, 0.3) is 5.56 Å². The Bertz CT molecular complexity index is 641. The SMILES string of the molecule is CCc1nc(-c2cc(C)ccc2C)[nH]c(=O)c1C. The monoisotopic (exact) mass is 242 g/mol. The highest BCUT2D eigenvalue weighted by Gasteiger charge is 2.09. The molecule has 0 fully saturated rings. The quantitative estimate of drug-likeness (QED) is 0.880. The van der Waals surface area contributed by atoms with Gasteiger partial charge in [0.15, 0.2) is 0 Å². The molecule has 0 radical (unpaired) electrons. The lowest BCUT2D eigenvalue weighted by molar-refractivity contribution is 0.953. The first-order valence-corrected chi connectivity index (χ1v) is 6.20. The smallest absolute Gasteiger partial charge is 0.254 e. The van der Waals surface area contributed by atoms with Gasteiger partial charge in [0.1, 0.15) is 5.82 Å². The molecule has 2 aromatic rings. The molecule has 0 bridgehead atoms. The minimum atomic E-state index is -0.0437. The van der Waals surface area contributed by atoms with Crippen molar-refractivity contribution in [3.8, 4) is 11.4 Å². The molecule has 3 nitrogen and oxygen atoms in total. The maximum atomic E-state index is 11.9. The number of aromatic nitrogens is 2. The highest BCUT2D eigenvalue weighted by atomic mass is 16.1. The largest absolute Gasteiger partial charge is 0.306 e. The molecule has 18 heavy (non-hydrogen) atoms. The second-order valence-corrected chi connectivity index (χ2v) is 4.66. The van der Waals surface area contributed by atoms with Gasteiger partial charge in [0, 0.05) is 11.1 Å². The van der Waals surface area contributed by atoms with Crippen LogP contribution in [0.3, 0.4) is 0 Å². The van der Waals surface area contributed by atoms with E-state index in [9.17, 15) is 4.79 Å². The molecule has 1 aromatic heterocycles. The Labute approximate surface area is 107 Å². The third-order valence-electron chi connectivity index (χ3n) is 3.24. The Hall–Kier alpha value is -1.90. The summed E-state index contributed by atoms with van der Waals surface area (Å²) in [5.74, 6) is 0.670. The van der Waals surface area contributed by atoms with E-state index in [-0.39, 0.29) is 5.56 Å². The summed E-state index contributed by atoms with van der Waals surface area (Å²) < 4.78 is 0. The van der Waals surface area contributed by atoms with Crippen LogP contribution in [0.15, 0.2) is 23.0 Å². The van der Waals surface area contributed by atoms with Gasteiger partial charge >= 0.3 is 0 Å². The second kappa shape index (κ2) is 4.77. The zero-order valence-electron chi connectivity index (χ0n) is 11.3. The van der Waals surface area contributed by atoms with Crippen LogP contribution in [0.5, 0.6) is 0 Å². The van der Waals surface area contributed by atoms with Gasteiger partial charge in [-0.05, 0) is 38.8 Å². The van der Waals surface area contributed by atoms with E-state index < -0.39 is 0 Å². The Balaban J connectivity index is 2.68. The minimum absolute atomic E-state index is 0.0437. The van der Waals surface area contributed by atoms with E-state index in [0.717, 1.165) is 28.8 Å². The fourth-order valence-electron chi connectivity index (χ4n) is 2.04. The topological polar surface area (TPSA) is 45.8 Å². The van der Waals surface area contributed by atoms with Gasteiger partial charge in [0.2, 0.25) is 0 Å². The van der Waals surface area contributed by atoms with E-state index in [0.29, 0.717) is 11.4 Å². The number of hydrogen-bond donors (Lipinski definition) is 1. The van der Waals surface area contributed by atoms with E-state index >= 15 is 0 Å². The fourth-order valence-corrected chi connectivity index (χ4v) is 2.04. The van der Waals surface area contributed by atoms with Crippen molar-refractivity contribution in [1.29, 1.82) is 0 Å². The number of nitrogens with one attached hydrogen (secondary N) is 1. The van der Waals surface area contributed by atoms with E-state index in [1.807, 2.05) is 27.7 Å². The number of rotatable bonds is 2. The molecule has 0 unspecified atom stereocenters. The van der Waals surface area contributed by atoms with E-state index in [4.69, 9.17) is 0 Å². The van der Waals surface area contributed by atoms with Crippen molar-refractivity contribution in [1.82, 2.24) is 9.97 Å². The number of benzene rings is 1. The molecule has 0 saturated carbocycles. The first kappa shape index (κ1) is 12.6. The summed E-state index contributed by atoms with van der Waals surface area (Å²) in [6, 6.07) is 6.17. The molecule has 1 aromatic carbocycles. The molecule has 2 rings (SSSR count). The number of aromatic amines is 1. The Morgan fingerprint density at radius 1 is 1.22 bits per heavy atom. The summed E-state index contributed by atoms with van der Waals surface area (Å²) in [5.41, 5.74) is 4.83. The normalized spacial score (nSPS) is 10.7. The van der Waals surface area contributed by atoms with Crippen LogP contribution in [0.2, 0.25) is 0 Å².